The van der Waals surface area contributed by atoms with Crippen molar-refractivity contribution in [1.82, 2.24) is 29.8 Å². The van der Waals surface area contributed by atoms with Crippen LogP contribution in [0.2, 0.25) is 0 Å². The first-order valence-corrected chi connectivity index (χ1v) is 10.5. The Bertz CT molecular complexity index is 1040. The zero-order valence-corrected chi connectivity index (χ0v) is 17.4. The number of anilines is 1. The third-order valence-corrected chi connectivity index (χ3v) is 5.96. The third kappa shape index (κ3) is 3.88. The number of piperidine rings is 1. The molecule has 9 nitrogen and oxygen atoms in total. The number of fused-ring (bicyclic) bond motifs is 2. The second-order valence-corrected chi connectivity index (χ2v) is 8.13. The van der Waals surface area contributed by atoms with Gasteiger partial charge in [0, 0.05) is 69.7 Å². The van der Waals surface area contributed by atoms with Crippen molar-refractivity contribution in [2.24, 2.45) is 0 Å². The lowest BCUT2D eigenvalue weighted by atomic mass is 9.88. The third-order valence-electron chi connectivity index (χ3n) is 5.96. The largest absolute Gasteiger partial charge is 0.352 e. The molecular weight excluding hydrogens is 394 g/mol. The second kappa shape index (κ2) is 8.07. The lowest BCUT2D eigenvalue weighted by Crippen LogP contribution is -2.54. The zero-order valence-electron chi connectivity index (χ0n) is 17.4. The number of imidazole rings is 1. The summed E-state index contributed by atoms with van der Waals surface area (Å²) in [6.45, 7) is 4.33. The van der Waals surface area contributed by atoms with E-state index in [4.69, 9.17) is 4.74 Å². The van der Waals surface area contributed by atoms with Gasteiger partial charge in [-0.25, -0.2) is 15.0 Å². The van der Waals surface area contributed by atoms with Gasteiger partial charge in [0.2, 0.25) is 5.95 Å². The Morgan fingerprint density at radius 2 is 2.00 bits per heavy atom. The van der Waals surface area contributed by atoms with Crippen LogP contribution in [0.3, 0.4) is 0 Å². The van der Waals surface area contributed by atoms with E-state index >= 15 is 0 Å². The molecule has 5 heterocycles. The molecule has 31 heavy (non-hydrogen) atoms. The standard InChI is InChI=1S/C22H25N7O2/c1-16-11-26-21(27-12-16)28-8-4-22(5-9-28)20-24-7-10-29(20)15-18(31-22)19(30)25-14-17-3-2-6-23-13-17/h2-3,6-7,10-13,18H,4-5,8-9,14-15H2,1H3,(H,25,30)/t18-/m1/s1. The molecule has 0 bridgehead atoms. The number of carbonyl (C=O) groups is 1. The minimum Gasteiger partial charge on any atom is -0.352 e. The molecule has 1 spiro atoms. The minimum absolute atomic E-state index is 0.119. The van der Waals surface area contributed by atoms with Gasteiger partial charge in [0.1, 0.15) is 11.4 Å². The summed E-state index contributed by atoms with van der Waals surface area (Å²) in [5, 5.41) is 2.99. The molecule has 1 atom stereocenters. The Labute approximate surface area is 180 Å². The maximum Gasteiger partial charge on any atom is 0.251 e. The van der Waals surface area contributed by atoms with Crippen LogP contribution in [0.4, 0.5) is 5.95 Å². The van der Waals surface area contributed by atoms with E-state index in [1.54, 1.807) is 18.6 Å². The molecule has 0 saturated carbocycles. The highest BCUT2D eigenvalue weighted by Gasteiger charge is 2.47. The molecular formula is C22H25N7O2. The fourth-order valence-corrected chi connectivity index (χ4v) is 4.30. The van der Waals surface area contributed by atoms with Gasteiger partial charge >= 0.3 is 0 Å². The smallest absolute Gasteiger partial charge is 0.251 e. The van der Waals surface area contributed by atoms with E-state index in [0.29, 0.717) is 25.9 Å². The summed E-state index contributed by atoms with van der Waals surface area (Å²) >= 11 is 0. The van der Waals surface area contributed by atoms with Gasteiger partial charge < -0.3 is 19.5 Å². The van der Waals surface area contributed by atoms with E-state index in [1.807, 2.05) is 37.6 Å². The Kier molecular flexibility index (Phi) is 5.11. The Hall–Kier alpha value is -3.33. The van der Waals surface area contributed by atoms with Crippen LogP contribution in [-0.2, 0) is 28.2 Å². The fraction of sp³-hybridized carbons (Fsp3) is 0.409. The maximum absolute atomic E-state index is 12.9. The highest BCUT2D eigenvalue weighted by atomic mass is 16.5. The Morgan fingerprint density at radius 1 is 1.19 bits per heavy atom. The fourth-order valence-electron chi connectivity index (χ4n) is 4.30. The van der Waals surface area contributed by atoms with Gasteiger partial charge in [-0.15, -0.1) is 0 Å². The zero-order chi connectivity index (χ0) is 21.3. The Balaban J connectivity index is 1.30. The van der Waals surface area contributed by atoms with Crippen molar-refractivity contribution in [3.05, 3.63) is 66.3 Å². The summed E-state index contributed by atoms with van der Waals surface area (Å²) in [5.74, 6) is 1.51. The topological polar surface area (TPSA) is 98.1 Å². The summed E-state index contributed by atoms with van der Waals surface area (Å²) in [4.78, 5) is 32.7. The van der Waals surface area contributed by atoms with Crippen LogP contribution < -0.4 is 10.2 Å². The number of pyridine rings is 1. The molecule has 1 saturated heterocycles. The van der Waals surface area contributed by atoms with Crippen molar-refractivity contribution in [3.8, 4) is 0 Å². The number of hydrogen-bond donors (Lipinski definition) is 1. The van der Waals surface area contributed by atoms with Crippen LogP contribution in [0, 0.1) is 6.92 Å². The summed E-state index contributed by atoms with van der Waals surface area (Å²) in [6, 6.07) is 3.80. The maximum atomic E-state index is 12.9. The van der Waals surface area contributed by atoms with Gasteiger partial charge in [-0.3, -0.25) is 9.78 Å². The van der Waals surface area contributed by atoms with E-state index in [-0.39, 0.29) is 5.91 Å². The average molecular weight is 419 g/mol. The lowest BCUT2D eigenvalue weighted by molar-refractivity contribution is -0.167. The van der Waals surface area contributed by atoms with Crippen LogP contribution in [0.15, 0.2) is 49.3 Å². The monoisotopic (exact) mass is 419 g/mol. The van der Waals surface area contributed by atoms with E-state index in [0.717, 1.165) is 36.0 Å². The predicted molar refractivity (Wildman–Crippen MR) is 113 cm³/mol. The number of amides is 1. The van der Waals surface area contributed by atoms with Crippen LogP contribution in [0.5, 0.6) is 0 Å². The number of carbonyl (C=O) groups excluding carboxylic acids is 1. The molecule has 9 heteroatoms. The van der Waals surface area contributed by atoms with Crippen molar-refractivity contribution in [2.45, 2.75) is 44.6 Å². The van der Waals surface area contributed by atoms with Crippen molar-refractivity contribution in [2.75, 3.05) is 18.0 Å². The Morgan fingerprint density at radius 3 is 2.74 bits per heavy atom. The molecule has 1 N–H and O–H groups in total. The highest BCUT2D eigenvalue weighted by Crippen LogP contribution is 2.40. The number of nitrogens with zero attached hydrogens (tertiary/aromatic N) is 6. The number of ether oxygens (including phenoxy) is 1. The normalized spacial score (nSPS) is 19.8. The van der Waals surface area contributed by atoms with Crippen LogP contribution in [0.1, 0.15) is 29.8 Å². The molecule has 5 rings (SSSR count). The minimum atomic E-state index is -0.584. The summed E-state index contributed by atoms with van der Waals surface area (Å²) < 4.78 is 8.53. The molecule has 3 aromatic heterocycles. The molecule has 3 aromatic rings. The van der Waals surface area contributed by atoms with Crippen LogP contribution in [0.25, 0.3) is 0 Å². The SMILES string of the molecule is Cc1cnc(N2CCC3(CC2)O[C@@H](C(=O)NCc2cccnc2)Cn2ccnc23)nc1. The van der Waals surface area contributed by atoms with Crippen molar-refractivity contribution in [1.29, 1.82) is 0 Å². The predicted octanol–water partition coefficient (Wildman–Crippen LogP) is 1.59. The average Bonchev–Trinajstić information content (AvgIpc) is 3.29. The summed E-state index contributed by atoms with van der Waals surface area (Å²) in [7, 11) is 0. The van der Waals surface area contributed by atoms with Gasteiger partial charge in [0.05, 0.1) is 6.54 Å². The highest BCUT2D eigenvalue weighted by molar-refractivity contribution is 5.80. The second-order valence-electron chi connectivity index (χ2n) is 8.13. The molecule has 0 radical (unpaired) electrons. The van der Waals surface area contributed by atoms with Gasteiger partial charge in [-0.1, -0.05) is 6.07 Å². The van der Waals surface area contributed by atoms with Gasteiger partial charge in [-0.05, 0) is 24.1 Å². The molecule has 2 aliphatic heterocycles. The molecule has 0 aliphatic carbocycles. The quantitative estimate of drug-likeness (QED) is 0.686. The number of nitrogens with one attached hydrogen (secondary N) is 1. The van der Waals surface area contributed by atoms with E-state index in [9.17, 15) is 4.79 Å². The van der Waals surface area contributed by atoms with Crippen LogP contribution >= 0.6 is 0 Å². The van der Waals surface area contributed by atoms with E-state index in [1.165, 1.54) is 0 Å². The number of aryl methyl sites for hydroxylation is 1. The first-order chi connectivity index (χ1) is 15.1. The van der Waals surface area contributed by atoms with Crippen molar-refractivity contribution in [3.63, 3.8) is 0 Å². The first kappa shape index (κ1) is 19.6. The lowest BCUT2D eigenvalue weighted by Gasteiger charge is -2.45. The molecule has 0 aromatic carbocycles. The number of hydrogen-bond acceptors (Lipinski definition) is 7. The first-order valence-electron chi connectivity index (χ1n) is 10.5. The van der Waals surface area contributed by atoms with Crippen molar-refractivity contribution < 1.29 is 9.53 Å². The summed E-state index contributed by atoms with van der Waals surface area (Å²) in [6.07, 6.45) is 11.7. The summed E-state index contributed by atoms with van der Waals surface area (Å²) in [5.41, 5.74) is 1.41. The van der Waals surface area contributed by atoms with E-state index < -0.39 is 11.7 Å². The number of rotatable bonds is 4. The molecule has 0 unspecified atom stereocenters. The molecule has 2 aliphatic rings. The van der Waals surface area contributed by atoms with Crippen LogP contribution in [-0.4, -0.2) is 49.6 Å². The number of aromatic nitrogens is 5. The molecule has 160 valence electrons. The van der Waals surface area contributed by atoms with Gasteiger partial charge in [-0.2, -0.15) is 0 Å². The van der Waals surface area contributed by atoms with Gasteiger partial charge in [0.25, 0.3) is 5.91 Å². The molecule has 1 fully saturated rings. The molecule has 1 amide bonds. The van der Waals surface area contributed by atoms with Gasteiger partial charge in [0.15, 0.2) is 6.10 Å². The van der Waals surface area contributed by atoms with E-state index in [2.05, 4.69) is 34.7 Å². The van der Waals surface area contributed by atoms with Crippen molar-refractivity contribution >= 4 is 11.9 Å².